The fourth-order valence-corrected chi connectivity index (χ4v) is 4.64. The highest BCUT2D eigenvalue weighted by molar-refractivity contribution is 7.13. The van der Waals surface area contributed by atoms with Crippen LogP contribution in [0.15, 0.2) is 54.6 Å². The summed E-state index contributed by atoms with van der Waals surface area (Å²) in [7, 11) is 0. The van der Waals surface area contributed by atoms with E-state index in [2.05, 4.69) is 20.3 Å². The number of benzene rings is 1. The van der Waals surface area contributed by atoms with Crippen LogP contribution in [0.1, 0.15) is 25.3 Å². The molecule has 2 amide bonds. The van der Waals surface area contributed by atoms with Crippen molar-refractivity contribution >= 4 is 40.4 Å². The third-order valence-electron chi connectivity index (χ3n) is 5.78. The molecule has 3 aromatic rings. The summed E-state index contributed by atoms with van der Waals surface area (Å²) in [6.07, 6.45) is 7.13. The first-order valence-electron chi connectivity index (χ1n) is 10.7. The zero-order valence-electron chi connectivity index (χ0n) is 18.4. The molecule has 1 aliphatic rings. The SMILES string of the molecule is CC(C(=O)NC1CCOCC1)(c1cncnc1)N(C(=O)[C@H](F)Cl)c1ccc(-c2nccs2)cc1. The molecular weight excluding hydrogens is 481 g/mol. The van der Waals surface area contributed by atoms with Crippen molar-refractivity contribution in [3.8, 4) is 10.6 Å². The van der Waals surface area contributed by atoms with E-state index < -0.39 is 23.0 Å². The zero-order valence-corrected chi connectivity index (χ0v) is 19.9. The first kappa shape index (κ1) is 24.2. The van der Waals surface area contributed by atoms with E-state index in [1.807, 2.05) is 5.38 Å². The highest BCUT2D eigenvalue weighted by atomic mass is 35.5. The van der Waals surface area contributed by atoms with Gasteiger partial charge in [-0.3, -0.25) is 14.5 Å². The zero-order chi connectivity index (χ0) is 24.1. The normalized spacial score (nSPS) is 16.9. The van der Waals surface area contributed by atoms with Gasteiger partial charge in [-0.25, -0.2) is 19.3 Å². The van der Waals surface area contributed by atoms with E-state index in [1.54, 1.807) is 30.5 Å². The van der Waals surface area contributed by atoms with Gasteiger partial charge in [-0.1, -0.05) is 11.6 Å². The number of anilines is 1. The van der Waals surface area contributed by atoms with E-state index >= 15 is 0 Å². The molecule has 0 saturated carbocycles. The van der Waals surface area contributed by atoms with Gasteiger partial charge in [-0.2, -0.15) is 0 Å². The molecule has 1 saturated heterocycles. The van der Waals surface area contributed by atoms with Crippen molar-refractivity contribution in [2.75, 3.05) is 18.1 Å². The summed E-state index contributed by atoms with van der Waals surface area (Å²) < 4.78 is 19.7. The lowest BCUT2D eigenvalue weighted by Crippen LogP contribution is -2.60. The molecule has 0 bridgehead atoms. The Morgan fingerprint density at radius 1 is 1.24 bits per heavy atom. The van der Waals surface area contributed by atoms with Gasteiger partial charge in [0, 0.05) is 60.0 Å². The molecule has 1 unspecified atom stereocenters. The topological polar surface area (TPSA) is 97.3 Å². The summed E-state index contributed by atoms with van der Waals surface area (Å²) in [6.45, 7) is 2.57. The molecule has 178 valence electrons. The Morgan fingerprint density at radius 3 is 2.50 bits per heavy atom. The number of hydrogen-bond donors (Lipinski definition) is 1. The van der Waals surface area contributed by atoms with Crippen LogP contribution >= 0.6 is 22.9 Å². The van der Waals surface area contributed by atoms with Crippen molar-refractivity contribution < 1.29 is 18.7 Å². The number of ether oxygens (including phenoxy) is 1. The van der Waals surface area contributed by atoms with Crippen LogP contribution in [-0.4, -0.2) is 51.7 Å². The highest BCUT2D eigenvalue weighted by Crippen LogP contribution is 2.36. The van der Waals surface area contributed by atoms with Crippen LogP contribution < -0.4 is 10.2 Å². The number of thiazole rings is 1. The number of amides is 2. The number of carbonyl (C=O) groups excluding carboxylic acids is 2. The molecule has 2 atom stereocenters. The maximum Gasteiger partial charge on any atom is 0.278 e. The van der Waals surface area contributed by atoms with Crippen molar-refractivity contribution in [2.24, 2.45) is 0 Å². The van der Waals surface area contributed by atoms with Gasteiger partial charge in [0.25, 0.3) is 17.4 Å². The molecule has 34 heavy (non-hydrogen) atoms. The van der Waals surface area contributed by atoms with E-state index in [4.69, 9.17) is 16.3 Å². The number of carbonyl (C=O) groups is 2. The summed E-state index contributed by atoms with van der Waals surface area (Å²) in [5.41, 5.74) is -2.61. The highest BCUT2D eigenvalue weighted by Gasteiger charge is 2.47. The fourth-order valence-electron chi connectivity index (χ4n) is 3.90. The van der Waals surface area contributed by atoms with Gasteiger partial charge in [-0.15, -0.1) is 11.3 Å². The van der Waals surface area contributed by atoms with Gasteiger partial charge in [0.1, 0.15) is 11.3 Å². The van der Waals surface area contributed by atoms with Crippen LogP contribution in [0.2, 0.25) is 0 Å². The number of nitrogens with one attached hydrogen (secondary N) is 1. The molecular formula is C23H23ClFN5O3S. The second-order valence-electron chi connectivity index (χ2n) is 7.92. The standard InChI is InChI=1S/C23H23ClFN5O3S/c1-23(16-12-26-14-27-13-16,22(32)29-17-6-9-33-10-7-17)30(21(31)19(24)25)18-4-2-15(3-5-18)20-28-8-11-34-20/h2-5,8,11-14,17,19H,6-7,9-10H2,1H3,(H,29,32)/t19-,23?/m0/s1. The third-order valence-corrected chi connectivity index (χ3v) is 6.79. The number of alkyl halides is 2. The first-order valence-corrected chi connectivity index (χ1v) is 12.0. The Labute approximate surface area is 205 Å². The monoisotopic (exact) mass is 503 g/mol. The largest absolute Gasteiger partial charge is 0.381 e. The Kier molecular flexibility index (Phi) is 7.50. The molecule has 8 nitrogen and oxygen atoms in total. The Morgan fingerprint density at radius 2 is 1.91 bits per heavy atom. The molecule has 4 rings (SSSR count). The van der Waals surface area contributed by atoms with Crippen LogP contribution in [0.4, 0.5) is 10.1 Å². The molecule has 3 heterocycles. The third kappa shape index (κ3) is 4.94. The smallest absolute Gasteiger partial charge is 0.278 e. The average molecular weight is 504 g/mol. The quantitative estimate of drug-likeness (QED) is 0.494. The number of aromatic nitrogens is 3. The molecule has 11 heteroatoms. The average Bonchev–Trinajstić information content (AvgIpc) is 3.40. The van der Waals surface area contributed by atoms with Crippen molar-refractivity contribution in [3.63, 3.8) is 0 Å². The van der Waals surface area contributed by atoms with Gasteiger partial charge in [0.05, 0.1) is 0 Å². The van der Waals surface area contributed by atoms with Crippen molar-refractivity contribution in [2.45, 2.75) is 37.0 Å². The van der Waals surface area contributed by atoms with Crippen LogP contribution in [0.25, 0.3) is 10.6 Å². The van der Waals surface area contributed by atoms with E-state index in [0.29, 0.717) is 37.3 Å². The Hall–Kier alpha value is -2.95. The number of rotatable bonds is 7. The first-order chi connectivity index (χ1) is 16.4. The number of nitrogens with zero attached hydrogens (tertiary/aromatic N) is 4. The van der Waals surface area contributed by atoms with Crippen molar-refractivity contribution in [1.29, 1.82) is 0 Å². The van der Waals surface area contributed by atoms with E-state index in [9.17, 15) is 14.0 Å². The predicted molar refractivity (Wildman–Crippen MR) is 127 cm³/mol. The summed E-state index contributed by atoms with van der Waals surface area (Å²) in [5.74, 6) is -1.57. The van der Waals surface area contributed by atoms with Crippen LogP contribution in [0, 0.1) is 0 Å². The lowest BCUT2D eigenvalue weighted by molar-refractivity contribution is -0.132. The van der Waals surface area contributed by atoms with Crippen LogP contribution in [0.3, 0.4) is 0 Å². The minimum Gasteiger partial charge on any atom is -0.381 e. The minimum atomic E-state index is -2.36. The van der Waals surface area contributed by atoms with E-state index in [1.165, 1.54) is 37.0 Å². The van der Waals surface area contributed by atoms with Gasteiger partial charge >= 0.3 is 0 Å². The summed E-state index contributed by atoms with van der Waals surface area (Å²) in [4.78, 5) is 40.3. The Bertz CT molecular complexity index is 1110. The van der Waals surface area contributed by atoms with Crippen LogP contribution in [0.5, 0.6) is 0 Å². The molecule has 1 aliphatic heterocycles. The maximum atomic E-state index is 14.3. The van der Waals surface area contributed by atoms with Crippen molar-refractivity contribution in [1.82, 2.24) is 20.3 Å². The molecule has 1 aromatic carbocycles. The summed E-state index contributed by atoms with van der Waals surface area (Å²) >= 11 is 7.09. The van der Waals surface area contributed by atoms with E-state index in [-0.39, 0.29) is 6.04 Å². The van der Waals surface area contributed by atoms with Gasteiger partial charge in [-0.05, 0) is 44.0 Å². The van der Waals surface area contributed by atoms with Gasteiger partial charge in [0.2, 0.25) is 0 Å². The lowest BCUT2D eigenvalue weighted by atomic mass is 9.89. The van der Waals surface area contributed by atoms with Gasteiger partial charge < -0.3 is 10.1 Å². The minimum absolute atomic E-state index is 0.147. The summed E-state index contributed by atoms with van der Waals surface area (Å²) in [5, 5.41) is 5.64. The number of hydrogen-bond acceptors (Lipinski definition) is 7. The van der Waals surface area contributed by atoms with Gasteiger partial charge in [0.15, 0.2) is 5.54 Å². The number of halogens is 2. The van der Waals surface area contributed by atoms with E-state index in [0.717, 1.165) is 15.5 Å². The molecule has 2 aromatic heterocycles. The molecule has 1 fully saturated rings. The van der Waals surface area contributed by atoms with Crippen molar-refractivity contribution in [3.05, 3.63) is 60.1 Å². The second-order valence-corrected chi connectivity index (χ2v) is 9.20. The molecule has 0 aliphatic carbocycles. The lowest BCUT2D eigenvalue weighted by Gasteiger charge is -2.41. The molecule has 0 spiro atoms. The second kappa shape index (κ2) is 10.5. The molecule has 0 radical (unpaired) electrons. The summed E-state index contributed by atoms with van der Waals surface area (Å²) in [6, 6.07) is 6.64. The molecule has 1 N–H and O–H groups in total. The maximum absolute atomic E-state index is 14.3. The predicted octanol–water partition coefficient (Wildman–Crippen LogP) is 3.68. The fraction of sp³-hybridized carbons (Fsp3) is 0.348. The Balaban J connectivity index is 1.78. The van der Waals surface area contributed by atoms with Crippen LogP contribution in [-0.2, 0) is 19.9 Å².